The summed E-state index contributed by atoms with van der Waals surface area (Å²) in [6.07, 6.45) is 1.15. The number of carbonyl (C=O) groups excluding carboxylic acids is 1. The first-order chi connectivity index (χ1) is 10.7. The molecule has 1 aromatic rings. The third-order valence-electron chi connectivity index (χ3n) is 4.14. The minimum atomic E-state index is -0.488. The molecule has 0 aliphatic rings. The molecule has 0 saturated heterocycles. The highest BCUT2D eigenvalue weighted by Crippen LogP contribution is 2.23. The van der Waals surface area contributed by atoms with Crippen molar-refractivity contribution in [1.29, 1.82) is 0 Å². The van der Waals surface area contributed by atoms with E-state index in [4.69, 9.17) is 5.11 Å². The standard InChI is InChI=1S/C16H25N3O4/c1-5-16(4,8-9-20)18-15(21)17-12(3)13-7-6-11(2)14(10-13)19(22)23/h6-7,10,12,20H,5,8-9H2,1-4H3,(H2,17,18,21). The van der Waals surface area contributed by atoms with Gasteiger partial charge in [0.05, 0.1) is 11.0 Å². The second kappa shape index (κ2) is 7.92. The molecule has 0 heterocycles. The lowest BCUT2D eigenvalue weighted by molar-refractivity contribution is -0.385. The number of nitro groups is 1. The van der Waals surface area contributed by atoms with E-state index >= 15 is 0 Å². The number of hydrogen-bond donors (Lipinski definition) is 3. The number of benzene rings is 1. The summed E-state index contributed by atoms with van der Waals surface area (Å²) in [4.78, 5) is 22.7. The van der Waals surface area contributed by atoms with Crippen LogP contribution >= 0.6 is 0 Å². The zero-order valence-electron chi connectivity index (χ0n) is 14.0. The zero-order chi connectivity index (χ0) is 17.6. The zero-order valence-corrected chi connectivity index (χ0v) is 14.0. The van der Waals surface area contributed by atoms with Crippen molar-refractivity contribution in [2.45, 2.75) is 52.1 Å². The third kappa shape index (κ3) is 5.21. The van der Waals surface area contributed by atoms with Crippen LogP contribution in [-0.2, 0) is 0 Å². The summed E-state index contributed by atoms with van der Waals surface area (Å²) in [7, 11) is 0. The Morgan fingerprint density at radius 2 is 2.13 bits per heavy atom. The molecule has 0 aliphatic carbocycles. The number of aryl methyl sites for hydroxylation is 1. The Morgan fingerprint density at radius 1 is 1.48 bits per heavy atom. The number of hydrogen-bond acceptors (Lipinski definition) is 4. The normalized spacial score (nSPS) is 14.7. The molecule has 0 spiro atoms. The molecule has 2 unspecified atom stereocenters. The Hall–Kier alpha value is -2.15. The Balaban J connectivity index is 2.79. The molecule has 1 rings (SSSR count). The molecule has 7 nitrogen and oxygen atoms in total. The van der Waals surface area contributed by atoms with E-state index in [1.807, 2.05) is 13.8 Å². The van der Waals surface area contributed by atoms with Crippen molar-refractivity contribution in [3.63, 3.8) is 0 Å². The fraction of sp³-hybridized carbons (Fsp3) is 0.562. The van der Waals surface area contributed by atoms with Crippen molar-refractivity contribution in [1.82, 2.24) is 10.6 Å². The average Bonchev–Trinajstić information content (AvgIpc) is 2.47. The predicted octanol–water partition coefficient (Wildman–Crippen LogP) is 2.81. The highest BCUT2D eigenvalue weighted by molar-refractivity contribution is 5.75. The second-order valence-corrected chi connectivity index (χ2v) is 6.01. The van der Waals surface area contributed by atoms with Crippen molar-refractivity contribution < 1.29 is 14.8 Å². The Bertz CT molecular complexity index is 576. The number of nitro benzene ring substituents is 1. The fourth-order valence-electron chi connectivity index (χ4n) is 2.26. The van der Waals surface area contributed by atoms with Crippen LogP contribution in [0.3, 0.4) is 0 Å². The number of aliphatic hydroxyl groups excluding tert-OH is 1. The first kappa shape index (κ1) is 18.9. The van der Waals surface area contributed by atoms with Crippen LogP contribution in [0.1, 0.15) is 50.8 Å². The van der Waals surface area contributed by atoms with Crippen LogP contribution in [-0.4, -0.2) is 28.2 Å². The third-order valence-corrected chi connectivity index (χ3v) is 4.14. The highest BCUT2D eigenvalue weighted by atomic mass is 16.6. The largest absolute Gasteiger partial charge is 0.396 e. The summed E-state index contributed by atoms with van der Waals surface area (Å²) >= 11 is 0. The molecule has 23 heavy (non-hydrogen) atoms. The van der Waals surface area contributed by atoms with E-state index in [1.54, 1.807) is 26.0 Å². The van der Waals surface area contributed by atoms with Crippen molar-refractivity contribution in [3.8, 4) is 0 Å². The van der Waals surface area contributed by atoms with Gasteiger partial charge in [0.15, 0.2) is 0 Å². The molecule has 0 aliphatic heterocycles. The van der Waals surface area contributed by atoms with Gasteiger partial charge in [-0.05, 0) is 39.2 Å². The SMILES string of the molecule is CCC(C)(CCO)NC(=O)NC(C)c1ccc(C)c([N+](=O)[O-])c1. The van der Waals surface area contributed by atoms with Crippen LogP contribution in [0.15, 0.2) is 18.2 Å². The monoisotopic (exact) mass is 323 g/mol. The van der Waals surface area contributed by atoms with Gasteiger partial charge in [-0.2, -0.15) is 0 Å². The topological polar surface area (TPSA) is 104 Å². The van der Waals surface area contributed by atoms with Crippen molar-refractivity contribution in [2.75, 3.05) is 6.61 Å². The average molecular weight is 323 g/mol. The number of urea groups is 1. The first-order valence-electron chi connectivity index (χ1n) is 7.67. The van der Waals surface area contributed by atoms with E-state index in [2.05, 4.69) is 10.6 Å². The summed E-state index contributed by atoms with van der Waals surface area (Å²) in [5.74, 6) is 0. The quantitative estimate of drug-likeness (QED) is 0.530. The maximum Gasteiger partial charge on any atom is 0.315 e. The molecule has 3 N–H and O–H groups in total. The van der Waals surface area contributed by atoms with E-state index in [-0.39, 0.29) is 24.4 Å². The predicted molar refractivity (Wildman–Crippen MR) is 88.3 cm³/mol. The maximum absolute atomic E-state index is 12.1. The number of amides is 2. The lowest BCUT2D eigenvalue weighted by Gasteiger charge is -2.29. The van der Waals surface area contributed by atoms with E-state index < -0.39 is 10.5 Å². The van der Waals surface area contributed by atoms with Crippen LogP contribution in [0.2, 0.25) is 0 Å². The Labute approximate surface area is 136 Å². The van der Waals surface area contributed by atoms with Crippen molar-refractivity contribution in [2.24, 2.45) is 0 Å². The lowest BCUT2D eigenvalue weighted by Crippen LogP contribution is -2.50. The van der Waals surface area contributed by atoms with Crippen LogP contribution in [0.5, 0.6) is 0 Å². The molecule has 128 valence electrons. The van der Waals surface area contributed by atoms with Gasteiger partial charge in [-0.25, -0.2) is 4.79 Å². The molecule has 1 aromatic carbocycles. The summed E-state index contributed by atoms with van der Waals surface area (Å²) < 4.78 is 0. The summed E-state index contributed by atoms with van der Waals surface area (Å²) in [6.45, 7) is 7.23. The highest BCUT2D eigenvalue weighted by Gasteiger charge is 2.24. The van der Waals surface area contributed by atoms with Crippen LogP contribution in [0, 0.1) is 17.0 Å². The minimum absolute atomic E-state index is 0.00959. The second-order valence-electron chi connectivity index (χ2n) is 6.01. The fourth-order valence-corrected chi connectivity index (χ4v) is 2.26. The molecule has 0 radical (unpaired) electrons. The molecular formula is C16H25N3O4. The number of aliphatic hydroxyl groups is 1. The van der Waals surface area contributed by atoms with Crippen LogP contribution in [0.4, 0.5) is 10.5 Å². The van der Waals surface area contributed by atoms with Gasteiger partial charge < -0.3 is 15.7 Å². The van der Waals surface area contributed by atoms with E-state index in [9.17, 15) is 14.9 Å². The summed E-state index contributed by atoms with van der Waals surface area (Å²) in [6, 6.07) is 4.18. The Kier molecular flexibility index (Phi) is 6.50. The molecule has 0 aromatic heterocycles. The smallest absolute Gasteiger partial charge is 0.315 e. The molecule has 2 atom stereocenters. The molecule has 2 amide bonds. The van der Waals surface area contributed by atoms with Gasteiger partial charge in [0, 0.05) is 23.8 Å². The van der Waals surface area contributed by atoms with Crippen LogP contribution in [0.25, 0.3) is 0 Å². The van der Waals surface area contributed by atoms with Gasteiger partial charge in [0.2, 0.25) is 0 Å². The van der Waals surface area contributed by atoms with E-state index in [0.29, 0.717) is 24.0 Å². The molecule has 0 fully saturated rings. The van der Waals surface area contributed by atoms with Crippen LogP contribution < -0.4 is 10.6 Å². The molecule has 0 bridgehead atoms. The van der Waals surface area contributed by atoms with Gasteiger partial charge in [-0.15, -0.1) is 0 Å². The van der Waals surface area contributed by atoms with Gasteiger partial charge in [-0.3, -0.25) is 10.1 Å². The minimum Gasteiger partial charge on any atom is -0.396 e. The summed E-state index contributed by atoms with van der Waals surface area (Å²) in [5.41, 5.74) is 0.794. The lowest BCUT2D eigenvalue weighted by atomic mass is 9.95. The Morgan fingerprint density at radius 3 is 2.65 bits per heavy atom. The van der Waals surface area contributed by atoms with Crippen molar-refractivity contribution >= 4 is 11.7 Å². The van der Waals surface area contributed by atoms with Gasteiger partial charge in [0.1, 0.15) is 0 Å². The number of rotatable bonds is 7. The number of nitrogens with zero attached hydrogens (tertiary/aromatic N) is 1. The van der Waals surface area contributed by atoms with Gasteiger partial charge >= 0.3 is 6.03 Å². The van der Waals surface area contributed by atoms with Gasteiger partial charge in [0.25, 0.3) is 5.69 Å². The first-order valence-corrected chi connectivity index (χ1v) is 7.67. The molecule has 7 heteroatoms. The van der Waals surface area contributed by atoms with Crippen molar-refractivity contribution in [3.05, 3.63) is 39.4 Å². The number of nitrogens with one attached hydrogen (secondary N) is 2. The van der Waals surface area contributed by atoms with E-state index in [0.717, 1.165) is 0 Å². The van der Waals surface area contributed by atoms with E-state index in [1.165, 1.54) is 6.07 Å². The maximum atomic E-state index is 12.1. The molecule has 0 saturated carbocycles. The summed E-state index contributed by atoms with van der Waals surface area (Å²) in [5, 5.41) is 25.7. The van der Waals surface area contributed by atoms with Gasteiger partial charge in [-0.1, -0.05) is 19.1 Å². The molecular weight excluding hydrogens is 298 g/mol. The number of carbonyl (C=O) groups is 1.